The predicted molar refractivity (Wildman–Crippen MR) is 243 cm³/mol. The summed E-state index contributed by atoms with van der Waals surface area (Å²) in [7, 11) is 0. The van der Waals surface area contributed by atoms with Gasteiger partial charge in [-0.1, -0.05) is 105 Å². The normalized spacial score (nSPS) is 12.2. The average Bonchev–Trinajstić information content (AvgIpc) is 3.20. The lowest BCUT2D eigenvalue weighted by atomic mass is 10.1. The number of amides is 4. The number of carbonyl (C=O) groups excluding carboxylic acids is 6. The lowest BCUT2D eigenvalue weighted by Gasteiger charge is -2.15. The lowest BCUT2D eigenvalue weighted by molar-refractivity contribution is -0.127. The van der Waals surface area contributed by atoms with Crippen molar-refractivity contribution in [3.8, 4) is 0 Å². The van der Waals surface area contributed by atoms with E-state index in [1.54, 1.807) is 12.1 Å². The monoisotopic (exact) mass is 994 g/mol. The molecule has 0 spiro atoms. The molecule has 0 bridgehead atoms. The zero-order valence-electron chi connectivity index (χ0n) is 31.5. The van der Waals surface area contributed by atoms with Crippen LogP contribution in [0.15, 0.2) is 105 Å². The largest absolute Gasteiger partial charge is 0.324 e. The fourth-order valence-corrected chi connectivity index (χ4v) is 7.12. The van der Waals surface area contributed by atoms with Crippen LogP contribution in [0, 0.1) is 0 Å². The van der Waals surface area contributed by atoms with Gasteiger partial charge in [0, 0.05) is 5.69 Å². The molecule has 0 aromatic heterocycles. The second-order valence-corrected chi connectivity index (χ2v) is 15.9. The summed E-state index contributed by atoms with van der Waals surface area (Å²) in [5.41, 5.74) is 0.221. The summed E-state index contributed by atoms with van der Waals surface area (Å²) in [6.45, 7) is 2.21. The number of Topliss-reactive ketones (excluding diaryl/α,β-unsaturated/α-hetero) is 2. The third-order valence-corrected chi connectivity index (χ3v) is 10.7. The average molecular weight is 998 g/mol. The van der Waals surface area contributed by atoms with Gasteiger partial charge in [-0.05, 0) is 86.6 Å². The van der Waals surface area contributed by atoms with E-state index in [1.165, 1.54) is 72.8 Å². The van der Waals surface area contributed by atoms with Crippen molar-refractivity contribution in [1.82, 2.24) is 0 Å². The van der Waals surface area contributed by atoms with Crippen LogP contribution >= 0.6 is 92.8 Å². The Hall–Kier alpha value is -5.16. The lowest BCUT2D eigenvalue weighted by Crippen LogP contribution is -2.32. The SMILES string of the molecule is CC(=O)C(N=Nc1ccc(Cl)c(C(=O)Nc2c(Cl)cccc2Cl)c1)C(=O)Nc1cc(Cl)c(NC(=O)C(N=Nc2ccc(Cl)c(C(=O)Nc3c(Cl)cccc3Cl)c2)C(C)=O)c(Cl)c1. The van der Waals surface area contributed by atoms with E-state index in [-0.39, 0.29) is 85.4 Å². The van der Waals surface area contributed by atoms with Crippen molar-refractivity contribution in [3.63, 3.8) is 0 Å². The molecule has 14 nitrogen and oxygen atoms in total. The highest BCUT2D eigenvalue weighted by molar-refractivity contribution is 6.42. The minimum atomic E-state index is -1.70. The molecule has 4 amide bonds. The Bertz CT molecular complexity index is 2650. The number of rotatable bonds is 14. The number of para-hydroxylation sites is 2. The quantitative estimate of drug-likeness (QED) is 0.0630. The van der Waals surface area contributed by atoms with Gasteiger partial charge >= 0.3 is 0 Å². The standard InChI is InChI=1S/C40H26Cl8N8O6/c1-17(57)32(55-53-19-9-11-24(41)22(13-19)37(59)50-34-26(43)5-3-6-27(34)44)39(61)49-21-15-30(47)36(31(48)16-21)52-40(62)33(18(2)58)56-54-20-10-12-25(42)23(14-20)38(60)51-35-28(45)7-4-8-29(35)46/h3-16,32-33H,1-2H3,(H,49,61)(H,50,59)(H,51,60)(H,52,62). The topological polar surface area (TPSA) is 200 Å². The first kappa shape index (κ1) is 47.9. The highest BCUT2D eigenvalue weighted by atomic mass is 35.5. The predicted octanol–water partition coefficient (Wildman–Crippen LogP) is 12.8. The van der Waals surface area contributed by atoms with E-state index in [1.807, 2.05) is 0 Å². The molecule has 5 rings (SSSR count). The fourth-order valence-electron chi connectivity index (χ4n) is 5.15. The number of anilines is 4. The summed E-state index contributed by atoms with van der Waals surface area (Å²) in [6, 6.07) is 16.5. The zero-order valence-corrected chi connectivity index (χ0v) is 37.5. The van der Waals surface area contributed by atoms with Crippen LogP contribution in [-0.2, 0) is 19.2 Å². The Balaban J connectivity index is 1.27. The van der Waals surface area contributed by atoms with Crippen molar-refractivity contribution in [2.75, 3.05) is 21.3 Å². The van der Waals surface area contributed by atoms with E-state index in [2.05, 4.69) is 41.7 Å². The van der Waals surface area contributed by atoms with Crippen LogP contribution in [0.25, 0.3) is 0 Å². The smallest absolute Gasteiger partial charge is 0.258 e. The van der Waals surface area contributed by atoms with E-state index in [4.69, 9.17) is 92.8 Å². The molecule has 0 radical (unpaired) electrons. The number of azo groups is 2. The minimum absolute atomic E-state index is 0.00433. The summed E-state index contributed by atoms with van der Waals surface area (Å²) >= 11 is 50.1. The van der Waals surface area contributed by atoms with Crippen LogP contribution in [0.4, 0.5) is 34.1 Å². The first-order valence-corrected chi connectivity index (χ1v) is 20.4. The summed E-state index contributed by atoms with van der Waals surface area (Å²) in [6.07, 6.45) is 0. The number of nitrogens with one attached hydrogen (secondary N) is 4. The van der Waals surface area contributed by atoms with Crippen LogP contribution in [-0.4, -0.2) is 47.3 Å². The van der Waals surface area contributed by atoms with E-state index >= 15 is 0 Å². The van der Waals surface area contributed by atoms with Gasteiger partial charge in [0.1, 0.15) is 0 Å². The van der Waals surface area contributed by atoms with Crippen LogP contribution in [0.2, 0.25) is 40.2 Å². The van der Waals surface area contributed by atoms with Crippen LogP contribution in [0.3, 0.4) is 0 Å². The number of hydrogen-bond donors (Lipinski definition) is 4. The van der Waals surface area contributed by atoms with Gasteiger partial charge in [-0.25, -0.2) is 0 Å². The van der Waals surface area contributed by atoms with Gasteiger partial charge in [0.15, 0.2) is 11.6 Å². The maximum atomic E-state index is 13.3. The molecule has 0 aliphatic carbocycles. The van der Waals surface area contributed by atoms with Gasteiger partial charge in [0.2, 0.25) is 12.1 Å². The van der Waals surface area contributed by atoms with Crippen LogP contribution in [0.5, 0.6) is 0 Å². The molecule has 5 aromatic rings. The number of ketones is 2. The minimum Gasteiger partial charge on any atom is -0.324 e. The molecule has 2 atom stereocenters. The third kappa shape index (κ3) is 12.1. The van der Waals surface area contributed by atoms with E-state index in [0.29, 0.717) is 0 Å². The van der Waals surface area contributed by atoms with Crippen molar-refractivity contribution in [3.05, 3.63) is 136 Å². The molecule has 0 saturated carbocycles. The first-order valence-electron chi connectivity index (χ1n) is 17.4. The number of benzene rings is 5. The summed E-state index contributed by atoms with van der Waals surface area (Å²) < 4.78 is 0. The van der Waals surface area contributed by atoms with Crippen LogP contribution in [0.1, 0.15) is 34.6 Å². The molecular weight excluding hydrogens is 972 g/mol. The maximum absolute atomic E-state index is 13.3. The van der Waals surface area contributed by atoms with Crippen LogP contribution < -0.4 is 21.3 Å². The van der Waals surface area contributed by atoms with Gasteiger partial charge in [0.25, 0.3) is 23.6 Å². The molecule has 0 aliphatic rings. The molecular formula is C40H26Cl8N8O6. The molecule has 0 fully saturated rings. The van der Waals surface area contributed by atoms with Crippen molar-refractivity contribution in [1.29, 1.82) is 0 Å². The van der Waals surface area contributed by atoms with Gasteiger partial charge < -0.3 is 21.3 Å². The maximum Gasteiger partial charge on any atom is 0.258 e. The fraction of sp³-hybridized carbons (Fsp3) is 0.100. The van der Waals surface area contributed by atoms with Crippen molar-refractivity contribution >= 4 is 162 Å². The number of hydrogen-bond acceptors (Lipinski definition) is 10. The molecule has 22 heteroatoms. The third-order valence-electron chi connectivity index (χ3n) is 8.19. The summed E-state index contributed by atoms with van der Waals surface area (Å²) in [5, 5.41) is 26.3. The number of carbonyl (C=O) groups is 6. The van der Waals surface area contributed by atoms with Gasteiger partial charge in [-0.15, -0.1) is 0 Å². The Morgan fingerprint density at radius 1 is 0.435 bits per heavy atom. The van der Waals surface area contributed by atoms with Crippen molar-refractivity contribution in [2.45, 2.75) is 25.9 Å². The zero-order chi connectivity index (χ0) is 45.4. The molecule has 0 aliphatic heterocycles. The molecule has 4 N–H and O–H groups in total. The highest BCUT2D eigenvalue weighted by Gasteiger charge is 2.27. The summed E-state index contributed by atoms with van der Waals surface area (Å²) in [5.74, 6) is -4.67. The van der Waals surface area contributed by atoms with Gasteiger partial charge in [-0.3, -0.25) is 28.8 Å². The van der Waals surface area contributed by atoms with Crippen molar-refractivity contribution < 1.29 is 28.8 Å². The Morgan fingerprint density at radius 2 is 0.790 bits per heavy atom. The van der Waals surface area contributed by atoms with E-state index in [9.17, 15) is 28.8 Å². The molecule has 62 heavy (non-hydrogen) atoms. The van der Waals surface area contributed by atoms with Gasteiger partial charge in [-0.2, -0.15) is 20.5 Å². The van der Waals surface area contributed by atoms with Gasteiger partial charge in [0.05, 0.1) is 79.7 Å². The Labute approximate surface area is 392 Å². The number of halogens is 8. The molecule has 318 valence electrons. The second kappa shape index (κ2) is 21.3. The molecule has 0 saturated heterocycles. The summed E-state index contributed by atoms with van der Waals surface area (Å²) in [4.78, 5) is 77.7. The van der Waals surface area contributed by atoms with Crippen molar-refractivity contribution in [2.24, 2.45) is 20.5 Å². The van der Waals surface area contributed by atoms with E-state index < -0.39 is 47.3 Å². The Kier molecular flexibility index (Phi) is 16.4. The first-order chi connectivity index (χ1) is 29.3. The molecule has 0 heterocycles. The molecule has 2 unspecified atom stereocenters. The second-order valence-electron chi connectivity index (χ2n) is 12.7. The van der Waals surface area contributed by atoms with E-state index in [0.717, 1.165) is 13.8 Å². The molecule has 5 aromatic carbocycles. The Morgan fingerprint density at radius 3 is 1.16 bits per heavy atom. The number of nitrogens with zero attached hydrogens (tertiary/aromatic N) is 4. The highest BCUT2D eigenvalue weighted by Crippen LogP contribution is 2.36.